The molecule has 1 atom stereocenters. The summed E-state index contributed by atoms with van der Waals surface area (Å²) in [5, 5.41) is 39.5. The minimum Gasteiger partial charge on any atom is -0.508 e. The van der Waals surface area contributed by atoms with Gasteiger partial charge in [-0.3, -0.25) is 4.90 Å². The number of likely N-dealkylation sites (tertiary alicyclic amines) is 1. The van der Waals surface area contributed by atoms with Crippen LogP contribution in [0.3, 0.4) is 0 Å². The highest BCUT2D eigenvalue weighted by Gasteiger charge is 2.22. The molecule has 4 aromatic rings. The van der Waals surface area contributed by atoms with E-state index in [4.69, 9.17) is 4.98 Å². The van der Waals surface area contributed by atoms with Gasteiger partial charge >= 0.3 is 0 Å². The molecule has 0 spiro atoms. The molecule has 2 aromatic heterocycles. The third-order valence-corrected chi connectivity index (χ3v) is 7.21. The zero-order valence-electron chi connectivity index (χ0n) is 18.9. The predicted molar refractivity (Wildman–Crippen MR) is 136 cm³/mol. The van der Waals surface area contributed by atoms with E-state index in [2.05, 4.69) is 22.0 Å². The Morgan fingerprint density at radius 3 is 2.59 bits per heavy atom. The number of fused-ring (bicyclic) bond motifs is 1. The lowest BCUT2D eigenvalue weighted by Gasteiger charge is -2.33. The number of aromatic hydroxyl groups is 3. The lowest BCUT2D eigenvalue weighted by molar-refractivity contribution is 0.209. The number of phenols is 3. The Labute approximate surface area is 199 Å². The Kier molecular flexibility index (Phi) is 6.26. The number of aromatic nitrogens is 3. The van der Waals surface area contributed by atoms with Gasteiger partial charge < -0.3 is 20.6 Å². The molecule has 0 bridgehead atoms. The number of nitrogens with one attached hydrogen (secondary N) is 1. The van der Waals surface area contributed by atoms with Crippen LogP contribution in [0, 0.1) is 0 Å². The first-order valence-electron chi connectivity index (χ1n) is 11.4. The van der Waals surface area contributed by atoms with Crippen molar-refractivity contribution in [2.24, 2.45) is 0 Å². The lowest BCUT2D eigenvalue weighted by Crippen LogP contribution is -2.39. The van der Waals surface area contributed by atoms with Gasteiger partial charge in [-0.2, -0.15) is 9.61 Å². The summed E-state index contributed by atoms with van der Waals surface area (Å²) in [6.45, 7) is 4.45. The maximum atomic E-state index is 10.4. The van der Waals surface area contributed by atoms with Crippen LogP contribution in [-0.4, -0.2) is 60.6 Å². The van der Waals surface area contributed by atoms with E-state index < -0.39 is 0 Å². The molecule has 0 amide bonds. The van der Waals surface area contributed by atoms with E-state index >= 15 is 0 Å². The van der Waals surface area contributed by atoms with E-state index in [1.807, 2.05) is 28.9 Å². The lowest BCUT2D eigenvalue weighted by atomic mass is 10.0. The largest absolute Gasteiger partial charge is 0.508 e. The Hall–Kier alpha value is -3.35. The number of piperidine rings is 1. The molecule has 176 valence electrons. The molecule has 0 saturated carbocycles. The average molecular weight is 478 g/mol. The predicted octanol–water partition coefficient (Wildman–Crippen LogP) is 3.52. The molecule has 4 N–H and O–H groups in total. The van der Waals surface area contributed by atoms with E-state index in [1.165, 1.54) is 12.1 Å². The van der Waals surface area contributed by atoms with Crippen molar-refractivity contribution in [3.05, 3.63) is 60.3 Å². The molecule has 1 aliphatic heterocycles. The van der Waals surface area contributed by atoms with Crippen molar-refractivity contribution in [2.45, 2.75) is 25.4 Å². The molecule has 1 fully saturated rings. The third kappa shape index (κ3) is 4.52. The van der Waals surface area contributed by atoms with Crippen LogP contribution in [0.4, 0.5) is 5.82 Å². The molecule has 0 aliphatic carbocycles. The summed E-state index contributed by atoms with van der Waals surface area (Å²) in [7, 11) is 0.563. The maximum absolute atomic E-state index is 10.4. The molecule has 2 aromatic carbocycles. The zero-order chi connectivity index (χ0) is 23.7. The van der Waals surface area contributed by atoms with Gasteiger partial charge in [0.25, 0.3) is 0 Å². The highest BCUT2D eigenvalue weighted by Crippen LogP contribution is 2.31. The van der Waals surface area contributed by atoms with Gasteiger partial charge in [0.15, 0.2) is 5.65 Å². The summed E-state index contributed by atoms with van der Waals surface area (Å²) >= 11 is 0. The van der Waals surface area contributed by atoms with Crippen LogP contribution < -0.4 is 10.6 Å². The maximum Gasteiger partial charge on any atom is 0.165 e. The first-order chi connectivity index (χ1) is 16.5. The Bertz CT molecular complexity index is 1320. The standard InChI is InChI=1S/C25H28N5O3P/c1-34-23-14-26-30-24(13-20(28-25(23)30)19-4-2-3-5-22(19)33)27-17-8-10-29(11-9-17)15-16-12-18(31)6-7-21(16)32/h2-7,12-14,17,27,31-34H,8-11,15H2,1H3. The number of nitrogens with zero attached hydrogens (tertiary/aromatic N) is 4. The van der Waals surface area contributed by atoms with Crippen LogP contribution in [0.1, 0.15) is 18.4 Å². The molecule has 5 rings (SSSR count). The van der Waals surface area contributed by atoms with Crippen LogP contribution in [0.5, 0.6) is 17.2 Å². The second-order valence-corrected chi connectivity index (χ2v) is 9.63. The Balaban J connectivity index is 1.35. The van der Waals surface area contributed by atoms with Gasteiger partial charge in [-0.05, 0) is 49.8 Å². The fourth-order valence-electron chi connectivity index (χ4n) is 4.45. The first-order valence-corrected chi connectivity index (χ1v) is 12.9. The monoisotopic (exact) mass is 477 g/mol. The van der Waals surface area contributed by atoms with Gasteiger partial charge in [-0.15, -0.1) is 0 Å². The molecule has 9 heteroatoms. The van der Waals surface area contributed by atoms with Gasteiger partial charge in [-0.1, -0.05) is 20.7 Å². The van der Waals surface area contributed by atoms with E-state index in [1.54, 1.807) is 18.2 Å². The normalized spacial score (nSPS) is 15.4. The smallest absolute Gasteiger partial charge is 0.165 e. The number of hydrogen-bond acceptors (Lipinski definition) is 7. The Morgan fingerprint density at radius 2 is 1.82 bits per heavy atom. The average Bonchev–Trinajstić information content (AvgIpc) is 3.26. The second kappa shape index (κ2) is 9.49. The Morgan fingerprint density at radius 1 is 1.03 bits per heavy atom. The number of hydrogen-bond donors (Lipinski definition) is 4. The summed E-state index contributed by atoms with van der Waals surface area (Å²) in [4.78, 5) is 7.10. The van der Waals surface area contributed by atoms with Crippen molar-refractivity contribution in [1.82, 2.24) is 19.5 Å². The van der Waals surface area contributed by atoms with Crippen LogP contribution >= 0.6 is 8.58 Å². The van der Waals surface area contributed by atoms with Crippen molar-refractivity contribution >= 4 is 25.4 Å². The fourth-order valence-corrected chi connectivity index (χ4v) is 5.03. The molecule has 3 heterocycles. The van der Waals surface area contributed by atoms with Crippen molar-refractivity contribution in [3.8, 4) is 28.5 Å². The number of anilines is 1. The van der Waals surface area contributed by atoms with Crippen molar-refractivity contribution in [2.75, 3.05) is 25.1 Å². The summed E-state index contributed by atoms with van der Waals surface area (Å²) in [5.41, 5.74) is 2.95. The number of rotatable bonds is 6. The van der Waals surface area contributed by atoms with E-state index in [-0.39, 0.29) is 23.3 Å². The topological polar surface area (TPSA) is 106 Å². The molecule has 34 heavy (non-hydrogen) atoms. The number of para-hydroxylation sites is 1. The van der Waals surface area contributed by atoms with Gasteiger partial charge in [0.05, 0.1) is 11.9 Å². The third-order valence-electron chi connectivity index (χ3n) is 6.32. The molecule has 1 saturated heterocycles. The van der Waals surface area contributed by atoms with Gasteiger partial charge in [0.1, 0.15) is 23.1 Å². The van der Waals surface area contributed by atoms with Crippen LogP contribution in [0.25, 0.3) is 16.9 Å². The second-order valence-electron chi connectivity index (χ2n) is 8.60. The fraction of sp³-hybridized carbons (Fsp3) is 0.280. The van der Waals surface area contributed by atoms with E-state index in [0.29, 0.717) is 26.4 Å². The highest BCUT2D eigenvalue weighted by atomic mass is 31.1. The quantitative estimate of drug-likeness (QED) is 0.249. The molecular weight excluding hydrogens is 449 g/mol. The SMILES string of the molecule is CPc1cnn2c(NC3CCN(Cc4cc(O)ccc4O)CC3)cc(-c3ccccc3O)nc12. The molecule has 0 radical (unpaired) electrons. The summed E-state index contributed by atoms with van der Waals surface area (Å²) in [6.07, 6.45) is 3.73. The van der Waals surface area contributed by atoms with Crippen LogP contribution in [0.2, 0.25) is 0 Å². The molecule has 1 unspecified atom stereocenters. The van der Waals surface area contributed by atoms with Gasteiger partial charge in [0.2, 0.25) is 0 Å². The van der Waals surface area contributed by atoms with Crippen LogP contribution in [-0.2, 0) is 6.54 Å². The highest BCUT2D eigenvalue weighted by molar-refractivity contribution is 7.46. The zero-order valence-corrected chi connectivity index (χ0v) is 19.9. The first kappa shape index (κ1) is 22.4. The van der Waals surface area contributed by atoms with Crippen molar-refractivity contribution < 1.29 is 15.3 Å². The molecular formula is C25H28N5O3P. The van der Waals surface area contributed by atoms with Crippen molar-refractivity contribution in [3.63, 3.8) is 0 Å². The van der Waals surface area contributed by atoms with Crippen molar-refractivity contribution in [1.29, 1.82) is 0 Å². The summed E-state index contributed by atoms with van der Waals surface area (Å²) in [6, 6.07) is 14.1. The molecule has 8 nitrogen and oxygen atoms in total. The minimum atomic E-state index is 0.164. The van der Waals surface area contributed by atoms with Gasteiger partial charge in [0, 0.05) is 48.2 Å². The number of benzene rings is 2. The number of phenolic OH excluding ortho intramolecular Hbond substituents is 3. The molecule has 1 aliphatic rings. The van der Waals surface area contributed by atoms with Gasteiger partial charge in [-0.25, -0.2) is 4.98 Å². The minimum absolute atomic E-state index is 0.164. The van der Waals surface area contributed by atoms with Crippen LogP contribution in [0.15, 0.2) is 54.7 Å². The summed E-state index contributed by atoms with van der Waals surface area (Å²) in [5.74, 6) is 1.43. The summed E-state index contributed by atoms with van der Waals surface area (Å²) < 4.78 is 1.85. The van der Waals surface area contributed by atoms with E-state index in [9.17, 15) is 15.3 Å². The van der Waals surface area contributed by atoms with E-state index in [0.717, 1.165) is 48.3 Å².